The van der Waals surface area contributed by atoms with E-state index in [0.717, 1.165) is 60.8 Å². The van der Waals surface area contributed by atoms with E-state index in [9.17, 15) is 14.7 Å². The fourth-order valence-electron chi connectivity index (χ4n) is 3.82. The zero-order chi connectivity index (χ0) is 22.4. The molecule has 166 valence electrons. The van der Waals surface area contributed by atoms with Crippen LogP contribution in [0.4, 0.5) is 0 Å². The third kappa shape index (κ3) is 6.88. The van der Waals surface area contributed by atoms with Crippen molar-refractivity contribution < 1.29 is 19.4 Å². The number of allylic oxidation sites excluding steroid dienone is 8. The van der Waals surface area contributed by atoms with Crippen molar-refractivity contribution in [1.29, 1.82) is 0 Å². The summed E-state index contributed by atoms with van der Waals surface area (Å²) in [6.07, 6.45) is 14.0. The zero-order valence-corrected chi connectivity index (χ0v) is 19.3. The molecule has 0 spiro atoms. The van der Waals surface area contributed by atoms with Crippen molar-refractivity contribution in [3.8, 4) is 0 Å². The lowest BCUT2D eigenvalue weighted by Crippen LogP contribution is -2.22. The molecule has 2 rings (SSSR count). The molecule has 0 saturated heterocycles. The van der Waals surface area contributed by atoms with Crippen LogP contribution in [0, 0.1) is 5.41 Å². The molecule has 2 aliphatic rings. The topological polar surface area (TPSA) is 63.6 Å². The van der Waals surface area contributed by atoms with E-state index >= 15 is 0 Å². The second-order valence-corrected chi connectivity index (χ2v) is 9.92. The van der Waals surface area contributed by atoms with E-state index < -0.39 is 0 Å². The summed E-state index contributed by atoms with van der Waals surface area (Å²) in [7, 11) is 1.72. The number of methoxy groups -OCH3 is 1. The minimum Gasteiger partial charge on any atom is -0.396 e. The highest BCUT2D eigenvalue weighted by Gasteiger charge is 2.24. The fourth-order valence-corrected chi connectivity index (χ4v) is 3.82. The number of aliphatic hydroxyl groups is 1. The van der Waals surface area contributed by atoms with Gasteiger partial charge in [-0.15, -0.1) is 0 Å². The van der Waals surface area contributed by atoms with Gasteiger partial charge >= 0.3 is 0 Å². The first-order valence-electron chi connectivity index (χ1n) is 11.1. The van der Waals surface area contributed by atoms with Gasteiger partial charge in [-0.25, -0.2) is 0 Å². The van der Waals surface area contributed by atoms with E-state index in [2.05, 4.69) is 13.8 Å². The molecule has 0 heterocycles. The van der Waals surface area contributed by atoms with Gasteiger partial charge in [0, 0.05) is 24.9 Å². The molecule has 0 unspecified atom stereocenters. The lowest BCUT2D eigenvalue weighted by Gasteiger charge is -2.22. The van der Waals surface area contributed by atoms with Gasteiger partial charge in [-0.2, -0.15) is 0 Å². The summed E-state index contributed by atoms with van der Waals surface area (Å²) in [6.45, 7) is 8.35. The molecule has 4 nitrogen and oxygen atoms in total. The fraction of sp³-hybridized carbons (Fsp3) is 0.615. The van der Waals surface area contributed by atoms with Crippen LogP contribution in [0.5, 0.6) is 0 Å². The van der Waals surface area contributed by atoms with Gasteiger partial charge in [-0.05, 0) is 81.8 Å². The van der Waals surface area contributed by atoms with Gasteiger partial charge in [-0.3, -0.25) is 9.59 Å². The van der Waals surface area contributed by atoms with Crippen LogP contribution in [0.1, 0.15) is 79.1 Å². The average molecular weight is 415 g/mol. The largest absolute Gasteiger partial charge is 0.396 e. The predicted molar refractivity (Wildman–Crippen MR) is 121 cm³/mol. The summed E-state index contributed by atoms with van der Waals surface area (Å²) in [5.74, 6) is 0.258. The van der Waals surface area contributed by atoms with Crippen molar-refractivity contribution in [2.24, 2.45) is 5.41 Å². The first-order chi connectivity index (χ1) is 14.1. The van der Waals surface area contributed by atoms with Crippen LogP contribution in [-0.2, 0) is 14.3 Å². The third-order valence-corrected chi connectivity index (χ3v) is 6.31. The minimum atomic E-state index is -0.160. The molecule has 0 aromatic rings. The number of carbonyl (C=O) groups is 2. The molecule has 0 amide bonds. The average Bonchev–Trinajstić information content (AvgIpc) is 3.23. The summed E-state index contributed by atoms with van der Waals surface area (Å²) >= 11 is 0. The number of aliphatic hydroxyl groups excluding tert-OH is 1. The Morgan fingerprint density at radius 3 is 1.53 bits per heavy atom. The van der Waals surface area contributed by atoms with Crippen molar-refractivity contribution in [2.75, 3.05) is 13.7 Å². The van der Waals surface area contributed by atoms with E-state index in [0.29, 0.717) is 12.8 Å². The van der Waals surface area contributed by atoms with Gasteiger partial charge in [0.05, 0.1) is 5.60 Å². The third-order valence-electron chi connectivity index (χ3n) is 6.31. The number of hydrogen-bond donors (Lipinski definition) is 1. The molecule has 0 aromatic heterocycles. The maximum absolute atomic E-state index is 12.6. The molecule has 0 fully saturated rings. The Labute approximate surface area is 181 Å². The van der Waals surface area contributed by atoms with E-state index in [1.165, 1.54) is 0 Å². The molecule has 0 radical (unpaired) electrons. The molecule has 0 atom stereocenters. The Balaban J connectivity index is 1.72. The maximum atomic E-state index is 12.6. The minimum absolute atomic E-state index is 0.0994. The molecule has 1 N–H and O–H groups in total. The molecular weight excluding hydrogens is 376 g/mol. The zero-order valence-electron chi connectivity index (χ0n) is 19.3. The molecule has 0 bridgehead atoms. The molecular formula is C26H38O4. The van der Waals surface area contributed by atoms with Crippen LogP contribution in [0.25, 0.3) is 0 Å². The molecule has 0 aliphatic heterocycles. The van der Waals surface area contributed by atoms with Gasteiger partial charge in [0.2, 0.25) is 0 Å². The number of rotatable bonds is 13. The second kappa shape index (κ2) is 10.5. The predicted octanol–water partition coefficient (Wildman–Crippen LogP) is 5.42. The normalized spacial score (nSPS) is 17.3. The van der Waals surface area contributed by atoms with Crippen LogP contribution >= 0.6 is 0 Å². The van der Waals surface area contributed by atoms with Crippen LogP contribution in [-0.4, -0.2) is 36.0 Å². The van der Waals surface area contributed by atoms with Gasteiger partial charge in [-0.1, -0.05) is 38.2 Å². The van der Waals surface area contributed by atoms with Gasteiger partial charge < -0.3 is 9.84 Å². The molecule has 0 saturated carbocycles. The first kappa shape index (κ1) is 24.5. The van der Waals surface area contributed by atoms with Crippen molar-refractivity contribution in [1.82, 2.24) is 0 Å². The Bertz CT molecular complexity index is 709. The van der Waals surface area contributed by atoms with Gasteiger partial charge in [0.15, 0.2) is 11.6 Å². The number of Topliss-reactive ketones (excluding diaryl/α,β-unsaturated/α-hetero) is 2. The van der Waals surface area contributed by atoms with E-state index in [1.54, 1.807) is 7.11 Å². The highest BCUT2D eigenvalue weighted by Crippen LogP contribution is 2.30. The van der Waals surface area contributed by atoms with Crippen molar-refractivity contribution in [3.63, 3.8) is 0 Å². The number of hydrogen-bond acceptors (Lipinski definition) is 4. The monoisotopic (exact) mass is 414 g/mol. The van der Waals surface area contributed by atoms with E-state index in [1.807, 2.05) is 38.2 Å². The molecule has 30 heavy (non-hydrogen) atoms. The summed E-state index contributed by atoms with van der Waals surface area (Å²) in [5, 5.41) is 9.35. The Kier molecular flexibility index (Phi) is 8.57. The SMILES string of the molecule is COC(C)(C)CCCC1=CC=C(CCC2=CC=C(CCCC(C)(C)CO)C2=O)C1=O. The molecule has 4 heteroatoms. The number of ketones is 2. The lowest BCUT2D eigenvalue weighted by atomic mass is 9.87. The van der Waals surface area contributed by atoms with Gasteiger partial charge in [0.25, 0.3) is 0 Å². The van der Waals surface area contributed by atoms with Crippen LogP contribution < -0.4 is 0 Å². The first-order valence-corrected chi connectivity index (χ1v) is 11.1. The summed E-state index contributed by atoms with van der Waals surface area (Å²) in [5.41, 5.74) is 3.07. The Morgan fingerprint density at radius 2 is 1.13 bits per heavy atom. The van der Waals surface area contributed by atoms with Crippen LogP contribution in [0.2, 0.25) is 0 Å². The van der Waals surface area contributed by atoms with Crippen LogP contribution in [0.15, 0.2) is 46.6 Å². The second-order valence-electron chi connectivity index (χ2n) is 9.92. The van der Waals surface area contributed by atoms with Crippen LogP contribution in [0.3, 0.4) is 0 Å². The number of ether oxygens (including phenoxy) is 1. The molecule has 2 aliphatic carbocycles. The summed E-state index contributed by atoms with van der Waals surface area (Å²) < 4.78 is 5.44. The maximum Gasteiger partial charge on any atom is 0.184 e. The van der Waals surface area contributed by atoms with Crippen molar-refractivity contribution in [2.45, 2.75) is 84.7 Å². The quantitative estimate of drug-likeness (QED) is 0.437. The van der Waals surface area contributed by atoms with Crippen molar-refractivity contribution in [3.05, 3.63) is 46.6 Å². The summed E-state index contributed by atoms with van der Waals surface area (Å²) in [4.78, 5) is 25.3. The van der Waals surface area contributed by atoms with E-state index in [4.69, 9.17) is 4.74 Å². The smallest absolute Gasteiger partial charge is 0.184 e. The molecule has 0 aromatic carbocycles. The highest BCUT2D eigenvalue weighted by atomic mass is 16.5. The van der Waals surface area contributed by atoms with Gasteiger partial charge in [0.1, 0.15) is 0 Å². The Hall–Kier alpha value is -1.78. The highest BCUT2D eigenvalue weighted by molar-refractivity contribution is 6.12. The standard InChI is InChI=1S/C26H38O4/c1-25(2,18-27)16-6-8-19-10-12-21(23(19)28)14-15-22-13-11-20(24(22)29)9-7-17-26(3,4)30-5/h10-13,27H,6-9,14-18H2,1-5H3. The number of carbonyl (C=O) groups excluding carboxylic acids is 2. The van der Waals surface area contributed by atoms with Crippen molar-refractivity contribution >= 4 is 11.6 Å². The van der Waals surface area contributed by atoms with E-state index in [-0.39, 0.29) is 29.2 Å². The Morgan fingerprint density at radius 1 is 0.733 bits per heavy atom. The lowest BCUT2D eigenvalue weighted by molar-refractivity contribution is -0.113. The summed E-state index contributed by atoms with van der Waals surface area (Å²) in [6, 6.07) is 0.